The second kappa shape index (κ2) is 7.85. The quantitative estimate of drug-likeness (QED) is 0.437. The average molecular weight is 463 g/mol. The topological polar surface area (TPSA) is 119 Å². The Balaban J connectivity index is 1.53. The van der Waals surface area contributed by atoms with Gasteiger partial charge in [-0.25, -0.2) is 19.3 Å². The second-order valence-corrected chi connectivity index (χ2v) is 6.98. The van der Waals surface area contributed by atoms with Crippen molar-refractivity contribution in [2.75, 3.05) is 5.32 Å². The minimum atomic E-state index is -4.90. The van der Waals surface area contributed by atoms with E-state index in [2.05, 4.69) is 25.5 Å². The van der Waals surface area contributed by atoms with Gasteiger partial charge in [0, 0.05) is 31.0 Å². The highest BCUT2D eigenvalue weighted by Crippen LogP contribution is 2.34. The lowest BCUT2D eigenvalue weighted by atomic mass is 10.2. The first kappa shape index (κ1) is 20.9. The van der Waals surface area contributed by atoms with Crippen molar-refractivity contribution in [2.45, 2.75) is 6.18 Å². The van der Waals surface area contributed by atoms with E-state index in [-0.39, 0.29) is 28.4 Å². The number of fused-ring (bicyclic) bond motifs is 1. The van der Waals surface area contributed by atoms with Crippen molar-refractivity contribution in [1.29, 1.82) is 5.26 Å². The first-order valence-corrected chi connectivity index (χ1v) is 9.65. The van der Waals surface area contributed by atoms with Crippen LogP contribution in [0.1, 0.15) is 21.6 Å². The number of halogens is 3. The summed E-state index contributed by atoms with van der Waals surface area (Å²) in [5.74, 6) is -0.853. The third-order valence-corrected chi connectivity index (χ3v) is 4.88. The zero-order valence-electron chi connectivity index (χ0n) is 17.0. The van der Waals surface area contributed by atoms with E-state index in [1.165, 1.54) is 39.8 Å². The van der Waals surface area contributed by atoms with Crippen molar-refractivity contribution >= 4 is 17.2 Å². The van der Waals surface area contributed by atoms with Crippen LogP contribution in [0.5, 0.6) is 0 Å². The third kappa shape index (κ3) is 3.52. The molecule has 5 aromatic heterocycles. The van der Waals surface area contributed by atoms with E-state index in [9.17, 15) is 23.2 Å². The lowest BCUT2D eigenvalue weighted by Crippen LogP contribution is -2.21. The van der Waals surface area contributed by atoms with Crippen LogP contribution >= 0.6 is 0 Å². The number of nitriles is 1. The number of rotatable bonds is 4. The van der Waals surface area contributed by atoms with E-state index in [4.69, 9.17) is 0 Å². The Morgan fingerprint density at radius 3 is 2.65 bits per heavy atom. The predicted octanol–water partition coefficient (Wildman–Crippen LogP) is 3.24. The first-order chi connectivity index (χ1) is 16.4. The van der Waals surface area contributed by atoms with Gasteiger partial charge in [0.2, 0.25) is 0 Å². The Labute approximate surface area is 188 Å². The Kier molecular flexibility index (Phi) is 4.82. The summed E-state index contributed by atoms with van der Waals surface area (Å²) >= 11 is 0. The van der Waals surface area contributed by atoms with Gasteiger partial charge in [0.1, 0.15) is 11.8 Å². The van der Waals surface area contributed by atoms with Crippen LogP contribution in [0.15, 0.2) is 67.6 Å². The van der Waals surface area contributed by atoms with Gasteiger partial charge >= 0.3 is 6.18 Å². The number of hydrogen-bond acceptors (Lipinski definition) is 6. The number of imidazole rings is 1. The molecule has 0 unspecified atom stereocenters. The average Bonchev–Trinajstić information content (AvgIpc) is 3.58. The maximum atomic E-state index is 14.0. The molecular formula is C21H12F3N9O. The Bertz CT molecular complexity index is 1560. The fourth-order valence-electron chi connectivity index (χ4n) is 3.45. The van der Waals surface area contributed by atoms with Crippen LogP contribution in [-0.4, -0.2) is 39.8 Å². The highest BCUT2D eigenvalue weighted by atomic mass is 19.4. The van der Waals surface area contributed by atoms with Crippen LogP contribution in [0.4, 0.5) is 18.9 Å². The zero-order valence-corrected chi connectivity index (χ0v) is 17.0. The molecule has 0 saturated carbocycles. The minimum absolute atomic E-state index is 0.0358. The van der Waals surface area contributed by atoms with Crippen LogP contribution in [0.25, 0.3) is 17.2 Å². The van der Waals surface area contributed by atoms with E-state index in [0.29, 0.717) is 4.68 Å². The molecular weight excluding hydrogens is 451 g/mol. The van der Waals surface area contributed by atoms with Gasteiger partial charge in [-0.3, -0.25) is 4.79 Å². The van der Waals surface area contributed by atoms with Crippen LogP contribution in [-0.2, 0) is 6.18 Å². The summed E-state index contributed by atoms with van der Waals surface area (Å²) in [6.45, 7) is 0. The molecule has 0 bridgehead atoms. The lowest BCUT2D eigenvalue weighted by molar-refractivity contribution is -0.143. The number of aromatic nitrogens is 7. The van der Waals surface area contributed by atoms with E-state index in [1.54, 1.807) is 30.7 Å². The summed E-state index contributed by atoms with van der Waals surface area (Å²) in [4.78, 5) is 21.0. The van der Waals surface area contributed by atoms with Crippen molar-refractivity contribution in [3.63, 3.8) is 0 Å². The SMILES string of the molecule is N#Cc1cc(NC(=O)c2cnn(-c3cccn4ccnc34)c2C(F)(F)F)cnc1-n1cccn1. The third-order valence-electron chi connectivity index (χ3n) is 4.88. The van der Waals surface area contributed by atoms with Crippen molar-refractivity contribution < 1.29 is 18.0 Å². The number of pyridine rings is 2. The lowest BCUT2D eigenvalue weighted by Gasteiger charge is -2.13. The van der Waals surface area contributed by atoms with Gasteiger partial charge < -0.3 is 9.72 Å². The van der Waals surface area contributed by atoms with Gasteiger partial charge in [-0.15, -0.1) is 0 Å². The highest BCUT2D eigenvalue weighted by molar-refractivity contribution is 6.05. The van der Waals surface area contributed by atoms with Gasteiger partial charge in [0.05, 0.1) is 29.2 Å². The molecule has 168 valence electrons. The molecule has 0 fully saturated rings. The van der Waals surface area contributed by atoms with Gasteiger partial charge in [-0.05, 0) is 24.3 Å². The Morgan fingerprint density at radius 2 is 1.91 bits per heavy atom. The molecule has 0 aliphatic heterocycles. The van der Waals surface area contributed by atoms with Gasteiger partial charge in [0.15, 0.2) is 17.2 Å². The number of carbonyl (C=O) groups is 1. The second-order valence-electron chi connectivity index (χ2n) is 6.98. The first-order valence-electron chi connectivity index (χ1n) is 9.65. The van der Waals surface area contributed by atoms with Crippen LogP contribution in [0.3, 0.4) is 0 Å². The molecule has 1 amide bonds. The number of nitrogens with zero attached hydrogens (tertiary/aromatic N) is 8. The molecule has 5 rings (SSSR count). The molecule has 5 heterocycles. The fourth-order valence-corrected chi connectivity index (χ4v) is 3.45. The molecule has 0 saturated heterocycles. The molecule has 0 aliphatic rings. The molecule has 10 nitrogen and oxygen atoms in total. The van der Waals surface area contributed by atoms with Crippen LogP contribution in [0.2, 0.25) is 0 Å². The van der Waals surface area contributed by atoms with Crippen molar-refractivity contribution in [2.24, 2.45) is 0 Å². The molecule has 0 aromatic carbocycles. The highest BCUT2D eigenvalue weighted by Gasteiger charge is 2.41. The maximum Gasteiger partial charge on any atom is 0.434 e. The summed E-state index contributed by atoms with van der Waals surface area (Å²) in [5.41, 5.74) is -1.57. The standard InChI is InChI=1S/C21H12F3N9O/c22-21(23,24)17-15(12-29-33(17)16-3-1-6-31-8-5-26-19(16)31)20(34)30-14-9-13(10-25)18(27-11-14)32-7-2-4-28-32/h1-9,11-12H,(H,30,34). The van der Waals surface area contributed by atoms with E-state index in [0.717, 1.165) is 6.20 Å². The zero-order chi connectivity index (χ0) is 23.9. The number of anilines is 1. The number of nitrogens with one attached hydrogen (secondary N) is 1. The normalized spacial score (nSPS) is 11.5. The molecule has 0 radical (unpaired) electrons. The van der Waals surface area contributed by atoms with Crippen molar-refractivity contribution in [3.05, 3.63) is 84.5 Å². The summed E-state index contributed by atoms with van der Waals surface area (Å²) in [7, 11) is 0. The number of amides is 1. The number of hydrogen-bond donors (Lipinski definition) is 1. The van der Waals surface area contributed by atoms with E-state index in [1.807, 2.05) is 6.07 Å². The monoisotopic (exact) mass is 463 g/mol. The molecule has 1 N–H and O–H groups in total. The van der Waals surface area contributed by atoms with Crippen molar-refractivity contribution in [1.82, 2.24) is 33.9 Å². The summed E-state index contributed by atoms with van der Waals surface area (Å²) in [5, 5.41) is 19.6. The maximum absolute atomic E-state index is 14.0. The summed E-state index contributed by atoms with van der Waals surface area (Å²) < 4.78 is 45.7. The number of carbonyl (C=O) groups excluding carboxylic acids is 1. The summed E-state index contributed by atoms with van der Waals surface area (Å²) in [6, 6.07) is 7.83. The number of alkyl halides is 3. The minimum Gasteiger partial charge on any atom is -0.320 e. The van der Waals surface area contributed by atoms with Gasteiger partial charge in [0.25, 0.3) is 5.91 Å². The van der Waals surface area contributed by atoms with Crippen LogP contribution in [0, 0.1) is 11.3 Å². The largest absolute Gasteiger partial charge is 0.434 e. The summed E-state index contributed by atoms with van der Waals surface area (Å²) in [6.07, 6.45) is 4.88. The van der Waals surface area contributed by atoms with Gasteiger partial charge in [-0.2, -0.15) is 28.6 Å². The molecule has 34 heavy (non-hydrogen) atoms. The fraction of sp³-hybridized carbons (Fsp3) is 0.0476. The molecule has 0 aliphatic carbocycles. The Hall–Kier alpha value is -4.99. The molecule has 5 aromatic rings. The van der Waals surface area contributed by atoms with E-state index < -0.39 is 23.3 Å². The Morgan fingerprint density at radius 1 is 1.06 bits per heavy atom. The van der Waals surface area contributed by atoms with Crippen molar-refractivity contribution in [3.8, 4) is 17.6 Å². The molecule has 0 spiro atoms. The molecule has 13 heteroatoms. The van der Waals surface area contributed by atoms with Gasteiger partial charge in [-0.1, -0.05) is 0 Å². The molecule has 0 atom stereocenters. The van der Waals surface area contributed by atoms with E-state index >= 15 is 0 Å². The van der Waals surface area contributed by atoms with Crippen LogP contribution < -0.4 is 5.32 Å². The predicted molar refractivity (Wildman–Crippen MR) is 111 cm³/mol. The smallest absolute Gasteiger partial charge is 0.320 e.